The van der Waals surface area contributed by atoms with E-state index < -0.39 is 5.97 Å². The zero-order valence-corrected chi connectivity index (χ0v) is 11.3. The van der Waals surface area contributed by atoms with Gasteiger partial charge in [0.1, 0.15) is 0 Å². The minimum Gasteiger partial charge on any atom is -0.478 e. The maximum atomic E-state index is 12.5. The van der Waals surface area contributed by atoms with Crippen LogP contribution in [0.15, 0.2) is 24.3 Å². The van der Waals surface area contributed by atoms with E-state index in [2.05, 4.69) is 13.8 Å². The van der Waals surface area contributed by atoms with E-state index in [0.717, 1.165) is 19.3 Å². The summed E-state index contributed by atoms with van der Waals surface area (Å²) in [6.45, 7) is 4.10. The second-order valence-corrected chi connectivity index (χ2v) is 5.23. The predicted octanol–water partition coefficient (Wildman–Crippen LogP) is 2.79. The largest absolute Gasteiger partial charge is 0.478 e. The first kappa shape index (κ1) is 13.6. The molecule has 0 aliphatic carbocycles. The van der Waals surface area contributed by atoms with Crippen LogP contribution in [0.25, 0.3) is 0 Å². The molecule has 4 heteroatoms. The number of amides is 1. The SMILES string of the molecule is C[C@@H]1CCC[C@@H](C)N1C(=O)c1cccc(C(=O)O)c1. The van der Waals surface area contributed by atoms with E-state index in [1.807, 2.05) is 4.90 Å². The monoisotopic (exact) mass is 261 g/mol. The van der Waals surface area contributed by atoms with Crippen molar-refractivity contribution >= 4 is 11.9 Å². The number of benzene rings is 1. The number of piperidine rings is 1. The molecule has 1 saturated heterocycles. The van der Waals surface area contributed by atoms with Crippen LogP contribution in [0.1, 0.15) is 53.8 Å². The summed E-state index contributed by atoms with van der Waals surface area (Å²) in [5, 5.41) is 8.98. The van der Waals surface area contributed by atoms with Gasteiger partial charge in [-0.15, -0.1) is 0 Å². The quantitative estimate of drug-likeness (QED) is 0.890. The highest BCUT2D eigenvalue weighted by atomic mass is 16.4. The highest BCUT2D eigenvalue weighted by Gasteiger charge is 2.29. The molecule has 1 heterocycles. The lowest BCUT2D eigenvalue weighted by Crippen LogP contribution is -2.47. The van der Waals surface area contributed by atoms with Gasteiger partial charge in [-0.25, -0.2) is 4.79 Å². The standard InChI is InChI=1S/C15H19NO3/c1-10-5-3-6-11(2)16(10)14(17)12-7-4-8-13(9-12)15(18)19/h4,7-11H,3,5-6H2,1-2H3,(H,18,19)/t10-,11-/m1/s1. The Hall–Kier alpha value is -1.84. The second-order valence-electron chi connectivity index (χ2n) is 5.23. The molecule has 102 valence electrons. The summed E-state index contributed by atoms with van der Waals surface area (Å²) in [6.07, 6.45) is 3.16. The molecule has 1 N–H and O–H groups in total. The van der Waals surface area contributed by atoms with E-state index in [0.29, 0.717) is 5.56 Å². The van der Waals surface area contributed by atoms with Crippen molar-refractivity contribution in [2.75, 3.05) is 0 Å². The fourth-order valence-corrected chi connectivity index (χ4v) is 2.76. The van der Waals surface area contributed by atoms with Crippen molar-refractivity contribution in [3.8, 4) is 0 Å². The molecule has 19 heavy (non-hydrogen) atoms. The summed E-state index contributed by atoms with van der Waals surface area (Å²) in [7, 11) is 0. The van der Waals surface area contributed by atoms with Crippen molar-refractivity contribution in [2.45, 2.75) is 45.2 Å². The van der Waals surface area contributed by atoms with Crippen LogP contribution in [0.2, 0.25) is 0 Å². The van der Waals surface area contributed by atoms with Crippen molar-refractivity contribution in [2.24, 2.45) is 0 Å². The molecule has 0 aromatic heterocycles. The average molecular weight is 261 g/mol. The van der Waals surface area contributed by atoms with Crippen molar-refractivity contribution < 1.29 is 14.7 Å². The normalized spacial score (nSPS) is 23.2. The zero-order chi connectivity index (χ0) is 14.0. The molecular formula is C15H19NO3. The first-order chi connectivity index (χ1) is 9.00. The van der Waals surface area contributed by atoms with Crippen molar-refractivity contribution in [1.29, 1.82) is 0 Å². The van der Waals surface area contributed by atoms with Crippen LogP contribution in [-0.2, 0) is 0 Å². The number of carboxylic acid groups (broad SMARTS) is 1. The lowest BCUT2D eigenvalue weighted by Gasteiger charge is -2.39. The third-order valence-corrected chi connectivity index (χ3v) is 3.78. The number of likely N-dealkylation sites (tertiary alicyclic amines) is 1. The number of carbonyl (C=O) groups excluding carboxylic acids is 1. The highest BCUT2D eigenvalue weighted by Crippen LogP contribution is 2.24. The molecule has 1 fully saturated rings. The molecule has 0 spiro atoms. The van der Waals surface area contributed by atoms with Crippen LogP contribution in [0.5, 0.6) is 0 Å². The van der Waals surface area contributed by atoms with Crippen molar-refractivity contribution in [1.82, 2.24) is 4.90 Å². The van der Waals surface area contributed by atoms with E-state index in [1.54, 1.807) is 12.1 Å². The van der Waals surface area contributed by atoms with Crippen molar-refractivity contribution in [3.63, 3.8) is 0 Å². The van der Waals surface area contributed by atoms with Gasteiger partial charge in [-0.1, -0.05) is 6.07 Å². The molecule has 1 aliphatic heterocycles. The van der Waals surface area contributed by atoms with E-state index in [9.17, 15) is 9.59 Å². The molecule has 1 amide bonds. The fourth-order valence-electron chi connectivity index (χ4n) is 2.76. The molecule has 4 nitrogen and oxygen atoms in total. The molecule has 1 aliphatic rings. The molecular weight excluding hydrogens is 242 g/mol. The first-order valence-electron chi connectivity index (χ1n) is 6.66. The lowest BCUT2D eigenvalue weighted by atomic mass is 9.96. The number of rotatable bonds is 2. The van der Waals surface area contributed by atoms with Gasteiger partial charge in [0.25, 0.3) is 5.91 Å². The van der Waals surface area contributed by atoms with Gasteiger partial charge in [-0.3, -0.25) is 4.79 Å². The van der Waals surface area contributed by atoms with Gasteiger partial charge in [-0.05, 0) is 51.3 Å². The van der Waals surface area contributed by atoms with Crippen LogP contribution in [0, 0.1) is 0 Å². The van der Waals surface area contributed by atoms with E-state index >= 15 is 0 Å². The maximum Gasteiger partial charge on any atom is 0.335 e. The third kappa shape index (κ3) is 2.78. The van der Waals surface area contributed by atoms with Gasteiger partial charge in [-0.2, -0.15) is 0 Å². The highest BCUT2D eigenvalue weighted by molar-refractivity contribution is 5.97. The number of carbonyl (C=O) groups is 2. The van der Waals surface area contributed by atoms with E-state index in [-0.39, 0.29) is 23.6 Å². The molecule has 2 rings (SSSR count). The smallest absolute Gasteiger partial charge is 0.335 e. The van der Waals surface area contributed by atoms with Crippen LogP contribution in [0.4, 0.5) is 0 Å². The minimum absolute atomic E-state index is 0.0669. The van der Waals surface area contributed by atoms with Gasteiger partial charge >= 0.3 is 5.97 Å². The van der Waals surface area contributed by atoms with Gasteiger partial charge in [0, 0.05) is 17.6 Å². The Morgan fingerprint density at radius 1 is 1.16 bits per heavy atom. The summed E-state index contributed by atoms with van der Waals surface area (Å²) < 4.78 is 0. The van der Waals surface area contributed by atoms with Crippen LogP contribution < -0.4 is 0 Å². The Morgan fingerprint density at radius 3 is 2.32 bits per heavy atom. The number of hydrogen-bond donors (Lipinski definition) is 1. The van der Waals surface area contributed by atoms with Crippen LogP contribution in [-0.4, -0.2) is 34.0 Å². The number of carboxylic acids is 1. The predicted molar refractivity (Wildman–Crippen MR) is 72.3 cm³/mol. The molecule has 0 radical (unpaired) electrons. The minimum atomic E-state index is -1.01. The third-order valence-electron chi connectivity index (χ3n) is 3.78. The molecule has 0 saturated carbocycles. The number of nitrogens with zero attached hydrogens (tertiary/aromatic N) is 1. The number of hydrogen-bond acceptors (Lipinski definition) is 2. The van der Waals surface area contributed by atoms with Gasteiger partial charge in [0.15, 0.2) is 0 Å². The fraction of sp³-hybridized carbons (Fsp3) is 0.467. The zero-order valence-electron chi connectivity index (χ0n) is 11.3. The number of aromatic carboxylic acids is 1. The summed E-state index contributed by atoms with van der Waals surface area (Å²) in [5.41, 5.74) is 0.615. The molecule has 0 unspecified atom stereocenters. The summed E-state index contributed by atoms with van der Waals surface area (Å²) in [5.74, 6) is -1.07. The van der Waals surface area contributed by atoms with E-state index in [1.165, 1.54) is 12.1 Å². The first-order valence-corrected chi connectivity index (χ1v) is 6.66. The Balaban J connectivity index is 2.27. The van der Waals surface area contributed by atoms with Gasteiger partial charge in [0.2, 0.25) is 0 Å². The summed E-state index contributed by atoms with van der Waals surface area (Å²) in [4.78, 5) is 25.4. The van der Waals surface area contributed by atoms with Crippen LogP contribution >= 0.6 is 0 Å². The maximum absolute atomic E-state index is 12.5. The molecule has 1 aromatic carbocycles. The topological polar surface area (TPSA) is 57.6 Å². The molecule has 1 aromatic rings. The summed E-state index contributed by atoms with van der Waals surface area (Å²) in [6, 6.07) is 6.69. The van der Waals surface area contributed by atoms with Gasteiger partial charge in [0.05, 0.1) is 5.56 Å². The van der Waals surface area contributed by atoms with Crippen LogP contribution in [0.3, 0.4) is 0 Å². The van der Waals surface area contributed by atoms with Gasteiger partial charge < -0.3 is 10.0 Å². The Morgan fingerprint density at radius 2 is 1.74 bits per heavy atom. The Bertz CT molecular complexity index is 488. The Labute approximate surface area is 113 Å². The Kier molecular flexibility index (Phi) is 3.88. The molecule has 2 atom stereocenters. The van der Waals surface area contributed by atoms with Crippen molar-refractivity contribution in [3.05, 3.63) is 35.4 Å². The van der Waals surface area contributed by atoms with E-state index in [4.69, 9.17) is 5.11 Å². The molecule has 0 bridgehead atoms. The summed E-state index contributed by atoms with van der Waals surface area (Å²) >= 11 is 0. The second kappa shape index (κ2) is 5.43. The lowest BCUT2D eigenvalue weighted by molar-refractivity contribution is 0.0511. The average Bonchev–Trinajstić information content (AvgIpc) is 2.38.